The fraction of sp³-hybridized carbons (Fsp3) is 0.316. The Morgan fingerprint density at radius 1 is 1.17 bits per heavy atom. The second-order valence-electron chi connectivity index (χ2n) is 5.32. The molecule has 0 fully saturated rings. The van der Waals surface area contributed by atoms with E-state index in [1.54, 1.807) is 20.1 Å². The van der Waals surface area contributed by atoms with Gasteiger partial charge in [-0.2, -0.15) is 0 Å². The van der Waals surface area contributed by atoms with Crippen LogP contribution >= 0.6 is 0 Å². The van der Waals surface area contributed by atoms with Gasteiger partial charge in [0, 0.05) is 6.54 Å². The van der Waals surface area contributed by atoms with Gasteiger partial charge in [0.1, 0.15) is 5.75 Å². The number of hydrogen-bond acceptors (Lipinski definition) is 5. The van der Waals surface area contributed by atoms with Crippen molar-refractivity contribution in [3.05, 3.63) is 65.7 Å². The van der Waals surface area contributed by atoms with Crippen LogP contribution in [0.5, 0.6) is 5.75 Å². The van der Waals surface area contributed by atoms with Crippen LogP contribution in [0.2, 0.25) is 0 Å². The molecule has 2 aromatic rings. The average Bonchev–Trinajstić information content (AvgIpc) is 2.63. The van der Waals surface area contributed by atoms with Crippen LogP contribution in [0.1, 0.15) is 24.1 Å². The van der Waals surface area contributed by atoms with Gasteiger partial charge >= 0.3 is 5.97 Å². The Balaban J connectivity index is 2.21. The standard InChI is InChI=1S/C19H23NO4/c1-3-24-19(22)18(21)17(15-10-7-11-16(12-15)23-2)20-13-14-8-5-4-6-9-14/h4-12,17-18,20-21H,3,13H2,1-2H3/t17-,18-/m1/s1. The number of nitrogens with one attached hydrogen (secondary N) is 1. The van der Waals surface area contributed by atoms with Crippen molar-refractivity contribution in [2.75, 3.05) is 13.7 Å². The van der Waals surface area contributed by atoms with Gasteiger partial charge in [0.25, 0.3) is 0 Å². The molecule has 0 spiro atoms. The van der Waals surface area contributed by atoms with Crippen LogP contribution in [0.15, 0.2) is 54.6 Å². The summed E-state index contributed by atoms with van der Waals surface area (Å²) in [6.07, 6.45) is -1.30. The maximum atomic E-state index is 12.0. The van der Waals surface area contributed by atoms with E-state index in [-0.39, 0.29) is 6.61 Å². The first-order valence-corrected chi connectivity index (χ1v) is 7.91. The second-order valence-corrected chi connectivity index (χ2v) is 5.32. The van der Waals surface area contributed by atoms with Gasteiger partial charge in [-0.15, -0.1) is 0 Å². The molecule has 128 valence electrons. The highest BCUT2D eigenvalue weighted by Gasteiger charge is 2.28. The highest BCUT2D eigenvalue weighted by atomic mass is 16.5. The zero-order chi connectivity index (χ0) is 17.4. The van der Waals surface area contributed by atoms with Crippen LogP contribution in [-0.2, 0) is 16.1 Å². The number of methoxy groups -OCH3 is 1. The van der Waals surface area contributed by atoms with E-state index in [1.807, 2.05) is 48.5 Å². The van der Waals surface area contributed by atoms with E-state index in [4.69, 9.17) is 9.47 Å². The van der Waals surface area contributed by atoms with E-state index in [9.17, 15) is 9.90 Å². The molecule has 0 unspecified atom stereocenters. The van der Waals surface area contributed by atoms with Crippen LogP contribution < -0.4 is 10.1 Å². The van der Waals surface area contributed by atoms with Gasteiger partial charge in [0.2, 0.25) is 0 Å². The number of esters is 1. The van der Waals surface area contributed by atoms with Crippen LogP contribution in [0.3, 0.4) is 0 Å². The largest absolute Gasteiger partial charge is 0.497 e. The van der Waals surface area contributed by atoms with E-state index >= 15 is 0 Å². The zero-order valence-corrected chi connectivity index (χ0v) is 13.9. The number of rotatable bonds is 8. The van der Waals surface area contributed by atoms with E-state index in [1.165, 1.54) is 0 Å². The number of hydrogen-bond donors (Lipinski definition) is 2. The lowest BCUT2D eigenvalue weighted by atomic mass is 10.0. The summed E-state index contributed by atoms with van der Waals surface area (Å²) in [5.74, 6) is 0.0148. The predicted molar refractivity (Wildman–Crippen MR) is 91.7 cm³/mol. The molecule has 5 heteroatoms. The highest BCUT2D eigenvalue weighted by molar-refractivity contribution is 5.75. The van der Waals surface area contributed by atoms with Crippen molar-refractivity contribution in [3.8, 4) is 5.75 Å². The molecular formula is C19H23NO4. The summed E-state index contributed by atoms with van der Waals surface area (Å²) in [6.45, 7) is 2.45. The second kappa shape index (κ2) is 9.05. The fourth-order valence-corrected chi connectivity index (χ4v) is 2.43. The molecule has 2 rings (SSSR count). The molecule has 0 radical (unpaired) electrons. The zero-order valence-electron chi connectivity index (χ0n) is 13.9. The number of aliphatic hydroxyl groups is 1. The number of carbonyl (C=O) groups is 1. The van der Waals surface area contributed by atoms with E-state index in [0.29, 0.717) is 12.3 Å². The Kier molecular flexibility index (Phi) is 6.78. The summed E-state index contributed by atoms with van der Waals surface area (Å²) in [5.41, 5.74) is 1.81. The molecule has 0 aromatic heterocycles. The molecule has 0 saturated heterocycles. The van der Waals surface area contributed by atoms with Crippen molar-refractivity contribution in [2.45, 2.75) is 25.6 Å². The van der Waals surface area contributed by atoms with Gasteiger partial charge in [-0.3, -0.25) is 0 Å². The molecule has 2 N–H and O–H groups in total. The number of ether oxygens (including phenoxy) is 2. The summed E-state index contributed by atoms with van der Waals surface area (Å²) < 4.78 is 10.2. The van der Waals surface area contributed by atoms with Crippen molar-refractivity contribution in [1.29, 1.82) is 0 Å². The summed E-state index contributed by atoms with van der Waals surface area (Å²) in [4.78, 5) is 12.0. The summed E-state index contributed by atoms with van der Waals surface area (Å²) in [6, 6.07) is 16.5. The smallest absolute Gasteiger partial charge is 0.336 e. The van der Waals surface area contributed by atoms with Crippen molar-refractivity contribution >= 4 is 5.97 Å². The van der Waals surface area contributed by atoms with Crippen LogP contribution in [0.4, 0.5) is 0 Å². The number of benzene rings is 2. The fourth-order valence-electron chi connectivity index (χ4n) is 2.43. The first-order chi connectivity index (χ1) is 11.7. The van der Waals surface area contributed by atoms with Crippen LogP contribution in [0.25, 0.3) is 0 Å². The SMILES string of the molecule is CCOC(=O)[C@H](O)[C@H](NCc1ccccc1)c1cccc(OC)c1. The van der Waals surface area contributed by atoms with Gasteiger partial charge in [0.15, 0.2) is 6.10 Å². The highest BCUT2D eigenvalue weighted by Crippen LogP contribution is 2.23. The molecule has 0 aliphatic carbocycles. The molecule has 5 nitrogen and oxygen atoms in total. The Morgan fingerprint density at radius 2 is 1.92 bits per heavy atom. The quantitative estimate of drug-likeness (QED) is 0.728. The Hall–Kier alpha value is -2.37. The first kappa shape index (κ1) is 18.0. The van der Waals surface area contributed by atoms with E-state index < -0.39 is 18.1 Å². The molecule has 0 bridgehead atoms. The van der Waals surface area contributed by atoms with Gasteiger partial charge in [-0.25, -0.2) is 4.79 Å². The van der Waals surface area contributed by atoms with Gasteiger partial charge < -0.3 is 19.9 Å². The summed E-state index contributed by atoms with van der Waals surface area (Å²) in [5, 5.41) is 13.7. The third kappa shape index (κ3) is 4.81. The minimum Gasteiger partial charge on any atom is -0.497 e. The van der Waals surface area contributed by atoms with Crippen molar-refractivity contribution < 1.29 is 19.4 Å². The molecule has 0 aliphatic heterocycles. The van der Waals surface area contributed by atoms with Crippen molar-refractivity contribution in [1.82, 2.24) is 5.32 Å². The first-order valence-electron chi connectivity index (χ1n) is 7.91. The predicted octanol–water partition coefficient (Wildman–Crippen LogP) is 2.45. The topological polar surface area (TPSA) is 67.8 Å². The Morgan fingerprint density at radius 3 is 2.58 bits per heavy atom. The lowest BCUT2D eigenvalue weighted by Gasteiger charge is -2.24. The third-order valence-corrected chi connectivity index (χ3v) is 3.67. The molecule has 0 saturated carbocycles. The van der Waals surface area contributed by atoms with Crippen LogP contribution in [0, 0.1) is 0 Å². The van der Waals surface area contributed by atoms with Crippen LogP contribution in [-0.4, -0.2) is 30.9 Å². The van der Waals surface area contributed by atoms with Gasteiger partial charge in [-0.1, -0.05) is 42.5 Å². The monoisotopic (exact) mass is 329 g/mol. The van der Waals surface area contributed by atoms with Gasteiger partial charge in [0.05, 0.1) is 19.8 Å². The van der Waals surface area contributed by atoms with Crippen molar-refractivity contribution in [3.63, 3.8) is 0 Å². The molecule has 0 heterocycles. The Labute approximate surface area is 142 Å². The number of carbonyl (C=O) groups excluding carboxylic acids is 1. The van der Waals surface area contributed by atoms with Gasteiger partial charge in [-0.05, 0) is 30.2 Å². The molecule has 2 atom stereocenters. The minimum absolute atomic E-state index is 0.222. The maximum absolute atomic E-state index is 12.0. The molecule has 0 aliphatic rings. The lowest BCUT2D eigenvalue weighted by Crippen LogP contribution is -2.38. The maximum Gasteiger partial charge on any atom is 0.336 e. The normalized spacial score (nSPS) is 13.1. The molecule has 0 amide bonds. The average molecular weight is 329 g/mol. The third-order valence-electron chi connectivity index (χ3n) is 3.67. The summed E-state index contributed by atoms with van der Waals surface area (Å²) >= 11 is 0. The minimum atomic E-state index is -1.30. The number of aliphatic hydroxyl groups excluding tert-OH is 1. The molecular weight excluding hydrogens is 306 g/mol. The molecule has 24 heavy (non-hydrogen) atoms. The van der Waals surface area contributed by atoms with E-state index in [2.05, 4.69) is 5.32 Å². The lowest BCUT2D eigenvalue weighted by molar-refractivity contribution is -0.154. The summed E-state index contributed by atoms with van der Waals surface area (Å²) in [7, 11) is 1.58. The van der Waals surface area contributed by atoms with E-state index in [0.717, 1.165) is 11.1 Å². The van der Waals surface area contributed by atoms with Crippen molar-refractivity contribution in [2.24, 2.45) is 0 Å². The Bertz CT molecular complexity index is 645. The molecule has 2 aromatic carbocycles.